The number of aryl methyl sites for hydroxylation is 1. The lowest BCUT2D eigenvalue weighted by Gasteiger charge is -2.33. The average molecular weight is 353 g/mol. The Morgan fingerprint density at radius 2 is 2.20 bits per heavy atom. The molecule has 1 aromatic carbocycles. The van der Waals surface area contributed by atoms with Crippen molar-refractivity contribution >= 4 is 17.2 Å². The number of hydrogen-bond donors (Lipinski definition) is 0. The Hall–Kier alpha value is -2.54. The van der Waals surface area contributed by atoms with Gasteiger partial charge in [-0.3, -0.25) is 4.79 Å². The van der Waals surface area contributed by atoms with E-state index in [-0.39, 0.29) is 18.5 Å². The van der Waals surface area contributed by atoms with E-state index in [1.807, 2.05) is 35.5 Å². The number of tetrazole rings is 1. The number of likely N-dealkylation sites (N-methyl/N-ethyl adjacent to an activating group) is 1. The summed E-state index contributed by atoms with van der Waals surface area (Å²) in [5.41, 5.74) is 2.60. The number of aromatic nitrogens is 4. The summed E-state index contributed by atoms with van der Waals surface area (Å²) in [6.45, 7) is 0.105. The Morgan fingerprint density at radius 3 is 3.04 bits per heavy atom. The molecule has 0 saturated heterocycles. The van der Waals surface area contributed by atoms with E-state index < -0.39 is 0 Å². The minimum Gasteiger partial charge on any atom is -0.337 e. The fraction of sp³-hybridized carbons (Fsp3) is 0.333. The molecule has 1 amide bonds. The number of carbonyl (C=O) groups is 1. The first-order chi connectivity index (χ1) is 12.2. The third kappa shape index (κ3) is 3.19. The van der Waals surface area contributed by atoms with Crippen LogP contribution in [0.1, 0.15) is 30.0 Å². The molecule has 0 aliphatic heterocycles. The molecule has 1 atom stereocenters. The molecule has 25 heavy (non-hydrogen) atoms. The largest absolute Gasteiger partial charge is 0.337 e. The van der Waals surface area contributed by atoms with Crippen LogP contribution in [0.15, 0.2) is 41.8 Å². The van der Waals surface area contributed by atoms with Crippen LogP contribution in [0.25, 0.3) is 10.7 Å². The SMILES string of the molecule is CN(C(=O)Cn1nnc(-c2cccs2)n1)[C@H]1CCCc2ccccc21. The molecule has 0 bridgehead atoms. The van der Waals surface area contributed by atoms with Crippen molar-refractivity contribution < 1.29 is 4.79 Å². The smallest absolute Gasteiger partial charge is 0.246 e. The van der Waals surface area contributed by atoms with Crippen molar-refractivity contribution in [3.05, 3.63) is 52.9 Å². The van der Waals surface area contributed by atoms with Gasteiger partial charge in [-0.1, -0.05) is 30.3 Å². The van der Waals surface area contributed by atoms with Gasteiger partial charge < -0.3 is 4.90 Å². The Morgan fingerprint density at radius 1 is 1.32 bits per heavy atom. The molecule has 0 saturated carbocycles. The topological polar surface area (TPSA) is 63.9 Å². The third-order valence-electron chi connectivity index (χ3n) is 4.67. The van der Waals surface area contributed by atoms with Gasteiger partial charge in [0, 0.05) is 7.05 Å². The first-order valence-corrected chi connectivity index (χ1v) is 9.25. The van der Waals surface area contributed by atoms with Crippen LogP contribution in [0.4, 0.5) is 0 Å². The van der Waals surface area contributed by atoms with E-state index >= 15 is 0 Å². The van der Waals surface area contributed by atoms with Gasteiger partial charge in [0.25, 0.3) is 0 Å². The van der Waals surface area contributed by atoms with Crippen LogP contribution < -0.4 is 0 Å². The van der Waals surface area contributed by atoms with Crippen LogP contribution in [0.3, 0.4) is 0 Å². The van der Waals surface area contributed by atoms with E-state index in [0.717, 1.165) is 24.1 Å². The van der Waals surface area contributed by atoms with E-state index in [2.05, 4.69) is 33.6 Å². The summed E-state index contributed by atoms with van der Waals surface area (Å²) < 4.78 is 0. The lowest BCUT2D eigenvalue weighted by molar-refractivity contribution is -0.133. The summed E-state index contributed by atoms with van der Waals surface area (Å²) >= 11 is 1.56. The molecule has 0 N–H and O–H groups in total. The molecule has 0 radical (unpaired) electrons. The molecule has 0 unspecified atom stereocenters. The highest BCUT2D eigenvalue weighted by Crippen LogP contribution is 2.33. The lowest BCUT2D eigenvalue weighted by atomic mass is 9.87. The Labute approximate surface area is 150 Å². The van der Waals surface area contributed by atoms with E-state index in [0.29, 0.717) is 5.82 Å². The molecule has 2 heterocycles. The quantitative estimate of drug-likeness (QED) is 0.723. The second-order valence-electron chi connectivity index (χ2n) is 6.23. The summed E-state index contributed by atoms with van der Waals surface area (Å²) in [5, 5.41) is 14.3. The number of carbonyl (C=O) groups excluding carboxylic acids is 1. The van der Waals surface area contributed by atoms with Crippen molar-refractivity contribution in [3.8, 4) is 10.7 Å². The Bertz CT molecular complexity index is 873. The fourth-order valence-corrected chi connectivity index (χ4v) is 4.00. The number of amides is 1. The van der Waals surface area contributed by atoms with Crippen LogP contribution in [0.2, 0.25) is 0 Å². The third-order valence-corrected chi connectivity index (χ3v) is 5.54. The van der Waals surface area contributed by atoms with Crippen LogP contribution in [-0.4, -0.2) is 38.1 Å². The molecular weight excluding hydrogens is 334 g/mol. The first-order valence-electron chi connectivity index (χ1n) is 8.37. The van der Waals surface area contributed by atoms with E-state index in [1.165, 1.54) is 15.9 Å². The highest BCUT2D eigenvalue weighted by Gasteiger charge is 2.26. The normalized spacial score (nSPS) is 16.4. The van der Waals surface area contributed by atoms with E-state index in [4.69, 9.17) is 0 Å². The second-order valence-corrected chi connectivity index (χ2v) is 7.18. The average Bonchev–Trinajstić information content (AvgIpc) is 3.32. The molecule has 6 nitrogen and oxygen atoms in total. The Kier molecular flexibility index (Phi) is 4.31. The first kappa shape index (κ1) is 16.0. The monoisotopic (exact) mass is 353 g/mol. The lowest BCUT2D eigenvalue weighted by Crippen LogP contribution is -2.36. The molecular formula is C18H19N5OS. The number of thiophene rings is 1. The standard InChI is InChI=1S/C18H19N5OS/c1-22(15-9-4-7-13-6-2-3-8-14(13)15)17(24)12-23-20-18(19-21-23)16-10-5-11-25-16/h2-3,5-6,8,10-11,15H,4,7,9,12H2,1H3/t15-/m0/s1. The molecule has 4 rings (SSSR count). The van der Waals surface area contributed by atoms with Gasteiger partial charge >= 0.3 is 0 Å². The molecule has 2 aromatic heterocycles. The second kappa shape index (κ2) is 6.76. The summed E-state index contributed by atoms with van der Waals surface area (Å²) in [5.74, 6) is 0.560. The number of rotatable bonds is 4. The molecule has 1 aliphatic carbocycles. The van der Waals surface area contributed by atoms with Crippen molar-refractivity contribution in [1.82, 2.24) is 25.1 Å². The molecule has 7 heteroatoms. The highest BCUT2D eigenvalue weighted by molar-refractivity contribution is 7.13. The van der Waals surface area contributed by atoms with E-state index in [1.54, 1.807) is 11.3 Å². The van der Waals surface area contributed by atoms with Gasteiger partial charge in [-0.25, -0.2) is 0 Å². The summed E-state index contributed by atoms with van der Waals surface area (Å²) in [4.78, 5) is 16.9. The maximum atomic E-state index is 12.7. The van der Waals surface area contributed by atoms with Gasteiger partial charge in [-0.15, -0.1) is 21.5 Å². The molecule has 0 spiro atoms. The maximum Gasteiger partial charge on any atom is 0.246 e. The zero-order valence-corrected chi connectivity index (χ0v) is 14.8. The van der Waals surface area contributed by atoms with Gasteiger partial charge in [-0.05, 0) is 47.0 Å². The summed E-state index contributed by atoms with van der Waals surface area (Å²) in [7, 11) is 1.87. The van der Waals surface area contributed by atoms with Gasteiger partial charge in [0.2, 0.25) is 11.7 Å². The molecule has 3 aromatic rings. The Balaban J connectivity index is 1.48. The number of nitrogens with zero attached hydrogens (tertiary/aromatic N) is 5. The summed E-state index contributed by atoms with van der Waals surface area (Å²) in [6, 6.07) is 12.4. The molecule has 1 aliphatic rings. The van der Waals surface area contributed by atoms with Crippen LogP contribution >= 0.6 is 11.3 Å². The van der Waals surface area contributed by atoms with Crippen LogP contribution in [-0.2, 0) is 17.8 Å². The fourth-order valence-electron chi connectivity index (χ4n) is 3.35. The van der Waals surface area contributed by atoms with Gasteiger partial charge in [0.05, 0.1) is 10.9 Å². The van der Waals surface area contributed by atoms with Crippen molar-refractivity contribution in [2.45, 2.75) is 31.8 Å². The van der Waals surface area contributed by atoms with E-state index in [9.17, 15) is 4.79 Å². The predicted octanol–water partition coefficient (Wildman–Crippen LogP) is 2.94. The molecule has 128 valence electrons. The predicted molar refractivity (Wildman–Crippen MR) is 96.0 cm³/mol. The van der Waals surface area contributed by atoms with Crippen molar-refractivity contribution in [2.75, 3.05) is 7.05 Å². The van der Waals surface area contributed by atoms with Gasteiger partial charge in [-0.2, -0.15) is 4.80 Å². The zero-order valence-electron chi connectivity index (χ0n) is 14.0. The van der Waals surface area contributed by atoms with Crippen molar-refractivity contribution in [2.24, 2.45) is 0 Å². The minimum atomic E-state index is -0.00293. The van der Waals surface area contributed by atoms with Gasteiger partial charge in [0.15, 0.2) is 0 Å². The maximum absolute atomic E-state index is 12.7. The van der Waals surface area contributed by atoms with Crippen molar-refractivity contribution in [3.63, 3.8) is 0 Å². The number of benzene rings is 1. The zero-order chi connectivity index (χ0) is 17.2. The summed E-state index contributed by atoms with van der Waals surface area (Å²) in [6.07, 6.45) is 3.18. The van der Waals surface area contributed by atoms with Crippen LogP contribution in [0.5, 0.6) is 0 Å². The number of hydrogen-bond acceptors (Lipinski definition) is 5. The highest BCUT2D eigenvalue weighted by atomic mass is 32.1. The number of fused-ring (bicyclic) bond motifs is 1. The van der Waals surface area contributed by atoms with Crippen LogP contribution in [0, 0.1) is 0 Å². The van der Waals surface area contributed by atoms with Gasteiger partial charge in [0.1, 0.15) is 6.54 Å². The minimum absolute atomic E-state index is 0.00293. The van der Waals surface area contributed by atoms with Crippen molar-refractivity contribution in [1.29, 1.82) is 0 Å². The molecule has 0 fully saturated rings.